The van der Waals surface area contributed by atoms with E-state index < -0.39 is 0 Å². The molecule has 0 spiro atoms. The quantitative estimate of drug-likeness (QED) is 0.632. The lowest BCUT2D eigenvalue weighted by molar-refractivity contribution is 0.0537. The monoisotopic (exact) mass is 150 g/mol. The molecule has 0 heterocycles. The Morgan fingerprint density at radius 2 is 2.45 bits per heavy atom. The zero-order chi connectivity index (χ0) is 8.10. The second kappa shape index (κ2) is 3.73. The van der Waals surface area contributed by atoms with Gasteiger partial charge in [-0.25, -0.2) is 5.48 Å². The molecule has 3 nitrogen and oxygen atoms in total. The molecule has 0 saturated heterocycles. The summed E-state index contributed by atoms with van der Waals surface area (Å²) in [7, 11) is 1.39. The highest BCUT2D eigenvalue weighted by Gasteiger charge is 2.01. The van der Waals surface area contributed by atoms with E-state index in [1.54, 1.807) is 24.3 Å². The van der Waals surface area contributed by atoms with Gasteiger partial charge in [0.05, 0.1) is 7.11 Å². The topological polar surface area (TPSA) is 38.3 Å². The van der Waals surface area contributed by atoms with E-state index in [1.807, 2.05) is 0 Å². The van der Waals surface area contributed by atoms with Crippen LogP contribution < -0.4 is 5.48 Å². The molecule has 1 aromatic carbocycles. The molecule has 0 aliphatic rings. The second-order valence-corrected chi connectivity index (χ2v) is 1.91. The molecule has 0 aromatic heterocycles. The molecule has 1 N–H and O–H groups in total. The normalized spacial score (nSPS) is 9.18. The molecule has 0 bridgehead atoms. The molecule has 0 unspecified atom stereocenters. The minimum Gasteiger partial charge on any atom is -0.277 e. The molecule has 3 heteroatoms. The highest BCUT2D eigenvalue weighted by Crippen LogP contribution is 1.95. The van der Waals surface area contributed by atoms with Crippen LogP contribution in [-0.4, -0.2) is 13.0 Å². The van der Waals surface area contributed by atoms with Gasteiger partial charge in [0.2, 0.25) is 0 Å². The van der Waals surface area contributed by atoms with Crippen LogP contribution in [-0.2, 0) is 4.84 Å². The van der Waals surface area contributed by atoms with Crippen molar-refractivity contribution in [1.82, 2.24) is 5.48 Å². The highest BCUT2D eigenvalue weighted by atomic mass is 16.6. The van der Waals surface area contributed by atoms with Crippen molar-refractivity contribution in [3.8, 4) is 0 Å². The predicted octanol–water partition coefficient (Wildman–Crippen LogP) is 0.778. The molecule has 1 amide bonds. The lowest BCUT2D eigenvalue weighted by atomic mass is 10.2. The van der Waals surface area contributed by atoms with Gasteiger partial charge in [0, 0.05) is 5.56 Å². The van der Waals surface area contributed by atoms with Crippen LogP contribution in [0.5, 0.6) is 0 Å². The van der Waals surface area contributed by atoms with Crippen molar-refractivity contribution < 1.29 is 9.63 Å². The standard InChI is InChI=1S/C8H8NO2/c1-11-9-8(10)7-5-3-2-4-6-7/h2-5H,1H3,(H,9,10). The number of carbonyl (C=O) groups is 1. The number of hydrogen-bond acceptors (Lipinski definition) is 2. The number of hydroxylamine groups is 1. The molecule has 1 radical (unpaired) electrons. The third-order valence-corrected chi connectivity index (χ3v) is 1.15. The zero-order valence-corrected chi connectivity index (χ0v) is 6.13. The van der Waals surface area contributed by atoms with Crippen molar-refractivity contribution in [2.24, 2.45) is 0 Å². The molecular weight excluding hydrogens is 142 g/mol. The summed E-state index contributed by atoms with van der Waals surface area (Å²) in [6.45, 7) is 0. The zero-order valence-electron chi connectivity index (χ0n) is 6.13. The Balaban J connectivity index is 2.69. The molecular formula is C8H8NO2. The van der Waals surface area contributed by atoms with Gasteiger partial charge in [-0.15, -0.1) is 0 Å². The van der Waals surface area contributed by atoms with Crippen LogP contribution in [0.3, 0.4) is 0 Å². The average Bonchev–Trinajstić information content (AvgIpc) is 2.07. The van der Waals surface area contributed by atoms with E-state index in [0.717, 1.165) is 0 Å². The molecule has 0 saturated carbocycles. The van der Waals surface area contributed by atoms with Crippen LogP contribution in [0.15, 0.2) is 24.3 Å². The van der Waals surface area contributed by atoms with Crippen LogP contribution >= 0.6 is 0 Å². The van der Waals surface area contributed by atoms with Gasteiger partial charge in [-0.2, -0.15) is 0 Å². The van der Waals surface area contributed by atoms with Crippen molar-refractivity contribution in [2.75, 3.05) is 7.11 Å². The second-order valence-electron chi connectivity index (χ2n) is 1.91. The van der Waals surface area contributed by atoms with Crippen LogP contribution in [0.25, 0.3) is 0 Å². The van der Waals surface area contributed by atoms with Gasteiger partial charge >= 0.3 is 0 Å². The first-order chi connectivity index (χ1) is 5.34. The number of amides is 1. The van der Waals surface area contributed by atoms with Gasteiger partial charge in [-0.1, -0.05) is 18.2 Å². The Bertz CT molecular complexity index is 233. The minimum atomic E-state index is -0.284. The molecule has 0 fully saturated rings. The third-order valence-electron chi connectivity index (χ3n) is 1.15. The van der Waals surface area contributed by atoms with E-state index in [0.29, 0.717) is 5.56 Å². The van der Waals surface area contributed by atoms with Crippen molar-refractivity contribution in [2.45, 2.75) is 0 Å². The Morgan fingerprint density at radius 1 is 1.64 bits per heavy atom. The molecule has 0 atom stereocenters. The lowest BCUT2D eigenvalue weighted by Gasteiger charge is -1.99. The summed E-state index contributed by atoms with van der Waals surface area (Å²) in [6.07, 6.45) is 0. The summed E-state index contributed by atoms with van der Waals surface area (Å²) < 4.78 is 0. The van der Waals surface area contributed by atoms with Gasteiger partial charge in [-0.05, 0) is 12.1 Å². The molecule has 0 aliphatic heterocycles. The molecule has 57 valence electrons. The fourth-order valence-corrected chi connectivity index (χ4v) is 0.682. The molecule has 1 rings (SSSR count). The van der Waals surface area contributed by atoms with E-state index in [2.05, 4.69) is 16.4 Å². The van der Waals surface area contributed by atoms with E-state index in [4.69, 9.17) is 0 Å². The number of rotatable bonds is 2. The first-order valence-electron chi connectivity index (χ1n) is 3.14. The van der Waals surface area contributed by atoms with E-state index in [9.17, 15) is 4.79 Å². The van der Waals surface area contributed by atoms with Gasteiger partial charge in [-0.3, -0.25) is 9.63 Å². The Kier molecular flexibility index (Phi) is 2.63. The number of carbonyl (C=O) groups excluding carboxylic acids is 1. The van der Waals surface area contributed by atoms with Crippen molar-refractivity contribution in [3.63, 3.8) is 0 Å². The maximum Gasteiger partial charge on any atom is 0.275 e. The fourth-order valence-electron chi connectivity index (χ4n) is 0.682. The first-order valence-corrected chi connectivity index (χ1v) is 3.14. The lowest BCUT2D eigenvalue weighted by Crippen LogP contribution is -2.21. The van der Waals surface area contributed by atoms with E-state index in [-0.39, 0.29) is 5.91 Å². The summed E-state index contributed by atoms with van der Waals surface area (Å²) in [6, 6.07) is 9.65. The van der Waals surface area contributed by atoms with Gasteiger partial charge in [0.15, 0.2) is 0 Å². The van der Waals surface area contributed by atoms with Crippen LogP contribution in [0.2, 0.25) is 0 Å². The van der Waals surface area contributed by atoms with E-state index in [1.165, 1.54) is 7.11 Å². The smallest absolute Gasteiger partial charge is 0.275 e. The largest absolute Gasteiger partial charge is 0.277 e. The maximum atomic E-state index is 11.0. The maximum absolute atomic E-state index is 11.0. The van der Waals surface area contributed by atoms with Gasteiger partial charge < -0.3 is 0 Å². The summed E-state index contributed by atoms with van der Waals surface area (Å²) in [5.41, 5.74) is 2.66. The van der Waals surface area contributed by atoms with Crippen molar-refractivity contribution in [3.05, 3.63) is 35.9 Å². The molecule has 1 aromatic rings. The average molecular weight is 150 g/mol. The Morgan fingerprint density at radius 3 is 3.00 bits per heavy atom. The van der Waals surface area contributed by atoms with Gasteiger partial charge in [0.1, 0.15) is 0 Å². The summed E-state index contributed by atoms with van der Waals surface area (Å²) in [5, 5.41) is 0. The first kappa shape index (κ1) is 7.75. The summed E-state index contributed by atoms with van der Waals surface area (Å²) in [5.74, 6) is -0.284. The Hall–Kier alpha value is -1.35. The van der Waals surface area contributed by atoms with Gasteiger partial charge in [0.25, 0.3) is 5.91 Å². The molecule has 11 heavy (non-hydrogen) atoms. The number of hydrogen-bond donors (Lipinski definition) is 1. The van der Waals surface area contributed by atoms with Crippen LogP contribution in [0, 0.1) is 6.07 Å². The third kappa shape index (κ3) is 2.05. The SMILES string of the molecule is CONC(=O)c1[c]cccc1. The predicted molar refractivity (Wildman–Crippen MR) is 39.8 cm³/mol. The fraction of sp³-hybridized carbons (Fsp3) is 0.125. The van der Waals surface area contributed by atoms with Crippen LogP contribution in [0.4, 0.5) is 0 Å². The molecule has 0 aliphatic carbocycles. The Labute approximate surface area is 64.9 Å². The number of benzene rings is 1. The van der Waals surface area contributed by atoms with Crippen LogP contribution in [0.1, 0.15) is 10.4 Å². The van der Waals surface area contributed by atoms with Crippen molar-refractivity contribution in [1.29, 1.82) is 0 Å². The summed E-state index contributed by atoms with van der Waals surface area (Å²) >= 11 is 0. The minimum absolute atomic E-state index is 0.284. The number of nitrogens with one attached hydrogen (secondary N) is 1. The van der Waals surface area contributed by atoms with Crippen molar-refractivity contribution >= 4 is 5.91 Å². The summed E-state index contributed by atoms with van der Waals surface area (Å²) in [4.78, 5) is 15.4. The highest BCUT2D eigenvalue weighted by molar-refractivity contribution is 5.93. The van der Waals surface area contributed by atoms with E-state index >= 15 is 0 Å².